The molecule has 0 aliphatic carbocycles. The van der Waals surface area contributed by atoms with Crippen LogP contribution in [0.25, 0.3) is 0 Å². The highest BCUT2D eigenvalue weighted by Crippen LogP contribution is 2.18. The van der Waals surface area contributed by atoms with Gasteiger partial charge in [-0.1, -0.05) is 12.1 Å². The summed E-state index contributed by atoms with van der Waals surface area (Å²) in [7, 11) is 0. The number of aryl methyl sites for hydroxylation is 1. The first-order chi connectivity index (χ1) is 8.15. The molecule has 0 aliphatic rings. The molecule has 0 spiro atoms. The molecule has 0 radical (unpaired) electrons. The maximum atomic E-state index is 13.1. The first-order valence-corrected chi connectivity index (χ1v) is 5.38. The molecule has 2 aromatic carbocycles. The average molecular weight is 231 g/mol. The van der Waals surface area contributed by atoms with E-state index in [0.29, 0.717) is 18.0 Å². The van der Waals surface area contributed by atoms with Gasteiger partial charge < -0.3 is 10.5 Å². The topological polar surface area (TPSA) is 35.2 Å². The Morgan fingerprint density at radius 2 is 2.00 bits per heavy atom. The van der Waals surface area contributed by atoms with E-state index in [1.807, 2.05) is 19.1 Å². The van der Waals surface area contributed by atoms with Crippen molar-refractivity contribution < 1.29 is 9.13 Å². The molecule has 0 atom stereocenters. The molecule has 2 N–H and O–H groups in total. The van der Waals surface area contributed by atoms with E-state index in [-0.39, 0.29) is 5.82 Å². The Hall–Kier alpha value is -2.03. The predicted octanol–water partition coefficient (Wildman–Crippen LogP) is 3.30. The van der Waals surface area contributed by atoms with Crippen LogP contribution in [0.15, 0.2) is 42.5 Å². The zero-order valence-electron chi connectivity index (χ0n) is 9.61. The van der Waals surface area contributed by atoms with Crippen LogP contribution >= 0.6 is 0 Å². The summed E-state index contributed by atoms with van der Waals surface area (Å²) in [5, 5.41) is 0. The second-order valence-electron chi connectivity index (χ2n) is 3.93. The van der Waals surface area contributed by atoms with Crippen LogP contribution in [0.3, 0.4) is 0 Å². The Labute approximate surface area is 99.8 Å². The van der Waals surface area contributed by atoms with Gasteiger partial charge in [0.1, 0.15) is 18.2 Å². The van der Waals surface area contributed by atoms with Gasteiger partial charge in [0.15, 0.2) is 0 Å². The Morgan fingerprint density at radius 3 is 2.76 bits per heavy atom. The monoisotopic (exact) mass is 231 g/mol. The normalized spacial score (nSPS) is 10.2. The standard InChI is InChI=1S/C14H14FNO/c1-10-5-6-12(15)7-11(10)9-17-14-4-2-3-13(16)8-14/h2-8H,9,16H2,1H3. The van der Waals surface area contributed by atoms with Gasteiger partial charge in [0.2, 0.25) is 0 Å². The molecular weight excluding hydrogens is 217 g/mol. The van der Waals surface area contributed by atoms with Gasteiger partial charge in [-0.05, 0) is 42.3 Å². The highest BCUT2D eigenvalue weighted by atomic mass is 19.1. The van der Waals surface area contributed by atoms with Crippen molar-refractivity contribution in [3.05, 3.63) is 59.4 Å². The zero-order valence-corrected chi connectivity index (χ0v) is 9.61. The molecule has 0 aliphatic heterocycles. The van der Waals surface area contributed by atoms with Gasteiger partial charge in [0, 0.05) is 11.8 Å². The van der Waals surface area contributed by atoms with Gasteiger partial charge in [0.05, 0.1) is 0 Å². The van der Waals surface area contributed by atoms with Crippen LogP contribution in [0.2, 0.25) is 0 Å². The third-order valence-corrected chi connectivity index (χ3v) is 2.56. The molecule has 0 unspecified atom stereocenters. The van der Waals surface area contributed by atoms with Crippen LogP contribution in [0.4, 0.5) is 10.1 Å². The van der Waals surface area contributed by atoms with E-state index in [9.17, 15) is 4.39 Å². The SMILES string of the molecule is Cc1ccc(F)cc1COc1cccc(N)c1. The summed E-state index contributed by atoms with van der Waals surface area (Å²) in [5.74, 6) is 0.440. The molecular formula is C14H14FNO. The number of benzene rings is 2. The fourth-order valence-corrected chi connectivity index (χ4v) is 1.56. The predicted molar refractivity (Wildman–Crippen MR) is 66.3 cm³/mol. The van der Waals surface area contributed by atoms with E-state index in [0.717, 1.165) is 11.1 Å². The fraction of sp³-hybridized carbons (Fsp3) is 0.143. The van der Waals surface area contributed by atoms with Gasteiger partial charge in [-0.15, -0.1) is 0 Å². The average Bonchev–Trinajstić information content (AvgIpc) is 2.30. The van der Waals surface area contributed by atoms with Crippen LogP contribution in [-0.4, -0.2) is 0 Å². The maximum absolute atomic E-state index is 13.1. The maximum Gasteiger partial charge on any atom is 0.123 e. The molecule has 0 saturated carbocycles. The van der Waals surface area contributed by atoms with Crippen LogP contribution < -0.4 is 10.5 Å². The van der Waals surface area contributed by atoms with Crippen molar-refractivity contribution in [2.45, 2.75) is 13.5 Å². The van der Waals surface area contributed by atoms with E-state index in [4.69, 9.17) is 10.5 Å². The van der Waals surface area contributed by atoms with Crippen molar-refractivity contribution in [2.75, 3.05) is 5.73 Å². The molecule has 17 heavy (non-hydrogen) atoms. The van der Waals surface area contributed by atoms with Gasteiger partial charge >= 0.3 is 0 Å². The van der Waals surface area contributed by atoms with E-state index in [1.165, 1.54) is 12.1 Å². The lowest BCUT2D eigenvalue weighted by molar-refractivity contribution is 0.305. The minimum atomic E-state index is -0.248. The van der Waals surface area contributed by atoms with Crippen molar-refractivity contribution in [1.82, 2.24) is 0 Å². The molecule has 2 rings (SSSR count). The summed E-state index contributed by atoms with van der Waals surface area (Å²) >= 11 is 0. The van der Waals surface area contributed by atoms with Gasteiger partial charge in [0.25, 0.3) is 0 Å². The van der Waals surface area contributed by atoms with Gasteiger partial charge in [-0.2, -0.15) is 0 Å². The lowest BCUT2D eigenvalue weighted by Gasteiger charge is -2.09. The van der Waals surface area contributed by atoms with Crippen molar-refractivity contribution in [3.63, 3.8) is 0 Å². The quantitative estimate of drug-likeness (QED) is 0.822. The summed E-state index contributed by atoms with van der Waals surface area (Å²) in [4.78, 5) is 0. The summed E-state index contributed by atoms with van der Waals surface area (Å²) in [6, 6.07) is 11.9. The molecule has 0 amide bonds. The minimum absolute atomic E-state index is 0.248. The smallest absolute Gasteiger partial charge is 0.123 e. The molecule has 0 fully saturated rings. The first kappa shape index (κ1) is 11.5. The zero-order chi connectivity index (χ0) is 12.3. The molecule has 88 valence electrons. The largest absolute Gasteiger partial charge is 0.489 e. The lowest BCUT2D eigenvalue weighted by atomic mass is 10.1. The molecule has 2 nitrogen and oxygen atoms in total. The summed E-state index contributed by atoms with van der Waals surface area (Å²) in [5.41, 5.74) is 8.14. The number of anilines is 1. The van der Waals surface area contributed by atoms with E-state index < -0.39 is 0 Å². The van der Waals surface area contributed by atoms with Gasteiger partial charge in [-0.3, -0.25) is 0 Å². The highest BCUT2D eigenvalue weighted by Gasteiger charge is 2.02. The van der Waals surface area contributed by atoms with E-state index >= 15 is 0 Å². The van der Waals surface area contributed by atoms with Crippen molar-refractivity contribution in [1.29, 1.82) is 0 Å². The van der Waals surface area contributed by atoms with Crippen molar-refractivity contribution >= 4 is 5.69 Å². The Balaban J connectivity index is 2.09. The number of nitrogens with two attached hydrogens (primary N) is 1. The van der Waals surface area contributed by atoms with Crippen molar-refractivity contribution in [2.24, 2.45) is 0 Å². The number of ether oxygens (including phenoxy) is 1. The highest BCUT2D eigenvalue weighted by molar-refractivity contribution is 5.43. The van der Waals surface area contributed by atoms with Crippen LogP contribution in [-0.2, 0) is 6.61 Å². The Bertz CT molecular complexity index is 525. The molecule has 0 heterocycles. The Morgan fingerprint density at radius 1 is 1.18 bits per heavy atom. The first-order valence-electron chi connectivity index (χ1n) is 5.38. The second-order valence-corrected chi connectivity index (χ2v) is 3.93. The number of hydrogen-bond donors (Lipinski definition) is 1. The van der Waals surface area contributed by atoms with Crippen LogP contribution in [0.5, 0.6) is 5.75 Å². The minimum Gasteiger partial charge on any atom is -0.489 e. The third kappa shape index (κ3) is 2.97. The van der Waals surface area contributed by atoms with E-state index in [2.05, 4.69) is 0 Å². The second kappa shape index (κ2) is 4.87. The fourth-order valence-electron chi connectivity index (χ4n) is 1.56. The summed E-state index contributed by atoms with van der Waals surface area (Å²) in [6.45, 7) is 2.27. The van der Waals surface area contributed by atoms with E-state index in [1.54, 1.807) is 18.2 Å². The molecule has 0 saturated heterocycles. The lowest BCUT2D eigenvalue weighted by Crippen LogP contribution is -1.99. The molecule has 3 heteroatoms. The number of rotatable bonds is 3. The van der Waals surface area contributed by atoms with Crippen LogP contribution in [0, 0.1) is 12.7 Å². The third-order valence-electron chi connectivity index (χ3n) is 2.56. The van der Waals surface area contributed by atoms with Crippen molar-refractivity contribution in [3.8, 4) is 5.75 Å². The molecule has 0 bridgehead atoms. The van der Waals surface area contributed by atoms with Crippen LogP contribution in [0.1, 0.15) is 11.1 Å². The number of halogens is 1. The number of hydrogen-bond acceptors (Lipinski definition) is 2. The summed E-state index contributed by atoms with van der Waals surface area (Å²) in [6.07, 6.45) is 0. The molecule has 0 aromatic heterocycles. The molecule has 2 aromatic rings. The number of nitrogen functional groups attached to an aromatic ring is 1. The Kier molecular flexibility index (Phi) is 3.28. The summed E-state index contributed by atoms with van der Waals surface area (Å²) < 4.78 is 18.6. The van der Waals surface area contributed by atoms with Gasteiger partial charge in [-0.25, -0.2) is 4.39 Å².